The number of alkyl halides is 4. The number of piperazine rings is 1. The number of nitrogens with zero attached hydrogens (tertiary/aromatic N) is 2. The quantitative estimate of drug-likeness (QED) is 0.0948. The number of nitrogens with one attached hydrogen (secondary N) is 1. The van der Waals surface area contributed by atoms with Gasteiger partial charge in [-0.3, -0.25) is 14.5 Å². The van der Waals surface area contributed by atoms with E-state index in [1.54, 1.807) is 41.3 Å². The SMILES string of the molecule is O=C(NCCN1CCN(C(=O)/C(=C\c2ccc(OC(F)F)cc2)c2ccccc2)CC1)/C(=C/c1ccc(OC(F)F)cc1)c1ccccc1. The van der Waals surface area contributed by atoms with Crippen molar-refractivity contribution in [3.05, 3.63) is 131 Å². The van der Waals surface area contributed by atoms with Crippen LogP contribution < -0.4 is 14.8 Å². The normalized spacial score (nSPS) is 14.2. The van der Waals surface area contributed by atoms with Crippen molar-refractivity contribution < 1.29 is 36.6 Å². The van der Waals surface area contributed by atoms with Crippen molar-refractivity contribution >= 4 is 35.1 Å². The van der Waals surface area contributed by atoms with Gasteiger partial charge in [0.1, 0.15) is 11.5 Å². The lowest BCUT2D eigenvalue weighted by Gasteiger charge is -2.35. The lowest BCUT2D eigenvalue weighted by Crippen LogP contribution is -2.50. The summed E-state index contributed by atoms with van der Waals surface area (Å²) in [6, 6.07) is 30.6. The fraction of sp³-hybridized carbons (Fsp3) is 0.211. The fourth-order valence-corrected chi connectivity index (χ4v) is 5.38. The number of rotatable bonds is 13. The first-order chi connectivity index (χ1) is 23.7. The molecule has 5 rings (SSSR count). The number of hydrogen-bond acceptors (Lipinski definition) is 5. The van der Waals surface area contributed by atoms with Crippen LogP contribution in [0.4, 0.5) is 17.6 Å². The molecular weight excluding hydrogens is 638 g/mol. The lowest BCUT2D eigenvalue weighted by molar-refractivity contribution is -0.126. The largest absolute Gasteiger partial charge is 0.435 e. The van der Waals surface area contributed by atoms with Crippen molar-refractivity contribution in [3.8, 4) is 11.5 Å². The molecule has 0 unspecified atom stereocenters. The summed E-state index contributed by atoms with van der Waals surface area (Å²) < 4.78 is 59.1. The van der Waals surface area contributed by atoms with Gasteiger partial charge in [-0.05, 0) is 58.7 Å². The van der Waals surface area contributed by atoms with E-state index in [9.17, 15) is 27.2 Å². The average molecular weight is 674 g/mol. The maximum Gasteiger partial charge on any atom is 0.387 e. The third-order valence-electron chi connectivity index (χ3n) is 7.85. The molecule has 1 saturated heterocycles. The second-order valence-electron chi connectivity index (χ2n) is 11.1. The number of halogens is 4. The Balaban J connectivity index is 1.18. The molecule has 4 aromatic rings. The van der Waals surface area contributed by atoms with Gasteiger partial charge in [-0.1, -0.05) is 84.9 Å². The van der Waals surface area contributed by atoms with E-state index in [2.05, 4.69) is 19.7 Å². The average Bonchev–Trinajstić information content (AvgIpc) is 3.11. The second-order valence-corrected chi connectivity index (χ2v) is 11.1. The first kappa shape index (κ1) is 34.9. The molecule has 0 bridgehead atoms. The van der Waals surface area contributed by atoms with Crippen molar-refractivity contribution in [2.45, 2.75) is 13.2 Å². The van der Waals surface area contributed by atoms with Gasteiger partial charge < -0.3 is 19.7 Å². The van der Waals surface area contributed by atoms with Crippen LogP contribution in [0, 0.1) is 0 Å². The fourth-order valence-electron chi connectivity index (χ4n) is 5.38. The number of amides is 2. The van der Waals surface area contributed by atoms with Crippen molar-refractivity contribution in [3.63, 3.8) is 0 Å². The van der Waals surface area contributed by atoms with Crippen molar-refractivity contribution in [1.29, 1.82) is 0 Å². The molecule has 1 aliphatic heterocycles. The zero-order valence-electron chi connectivity index (χ0n) is 26.5. The summed E-state index contributed by atoms with van der Waals surface area (Å²) in [4.78, 5) is 31.1. The van der Waals surface area contributed by atoms with E-state index in [-0.39, 0.29) is 23.3 Å². The molecular formula is C38H35F4N3O4. The molecule has 254 valence electrons. The Hall–Kier alpha value is -5.42. The minimum absolute atomic E-state index is 0.0295. The number of carbonyl (C=O) groups excluding carboxylic acids is 2. The molecule has 1 aliphatic rings. The summed E-state index contributed by atoms with van der Waals surface area (Å²) in [7, 11) is 0. The zero-order valence-corrected chi connectivity index (χ0v) is 26.5. The molecule has 49 heavy (non-hydrogen) atoms. The summed E-state index contributed by atoms with van der Waals surface area (Å²) in [5.41, 5.74) is 3.68. The molecule has 2 amide bonds. The van der Waals surface area contributed by atoms with E-state index in [4.69, 9.17) is 0 Å². The third kappa shape index (κ3) is 10.3. The highest BCUT2D eigenvalue weighted by atomic mass is 19.3. The van der Waals surface area contributed by atoms with E-state index < -0.39 is 13.2 Å². The molecule has 0 saturated carbocycles. The van der Waals surface area contributed by atoms with Crippen LogP contribution in [0.15, 0.2) is 109 Å². The van der Waals surface area contributed by atoms with Gasteiger partial charge in [0.05, 0.1) is 0 Å². The maximum atomic E-state index is 13.8. The van der Waals surface area contributed by atoms with Crippen molar-refractivity contribution in [2.24, 2.45) is 0 Å². The number of ether oxygens (including phenoxy) is 2. The summed E-state index contributed by atoms with van der Waals surface area (Å²) in [6.07, 6.45) is 3.44. The lowest BCUT2D eigenvalue weighted by atomic mass is 10.0. The summed E-state index contributed by atoms with van der Waals surface area (Å²) in [5.74, 6) is -0.353. The molecule has 0 aliphatic carbocycles. The molecule has 1 fully saturated rings. The summed E-state index contributed by atoms with van der Waals surface area (Å²) >= 11 is 0. The molecule has 0 aromatic heterocycles. The van der Waals surface area contributed by atoms with Gasteiger partial charge in [0.25, 0.3) is 11.8 Å². The predicted molar refractivity (Wildman–Crippen MR) is 181 cm³/mol. The highest BCUT2D eigenvalue weighted by Crippen LogP contribution is 2.24. The van der Waals surface area contributed by atoms with Crippen LogP contribution >= 0.6 is 0 Å². The molecule has 7 nitrogen and oxygen atoms in total. The minimum Gasteiger partial charge on any atom is -0.435 e. The van der Waals surface area contributed by atoms with Gasteiger partial charge in [0.15, 0.2) is 0 Å². The highest BCUT2D eigenvalue weighted by molar-refractivity contribution is 6.24. The van der Waals surface area contributed by atoms with E-state index in [0.717, 1.165) is 5.56 Å². The highest BCUT2D eigenvalue weighted by Gasteiger charge is 2.25. The van der Waals surface area contributed by atoms with Gasteiger partial charge in [-0.15, -0.1) is 0 Å². The van der Waals surface area contributed by atoms with E-state index >= 15 is 0 Å². The zero-order chi connectivity index (χ0) is 34.6. The van der Waals surface area contributed by atoms with Crippen LogP contribution in [0.3, 0.4) is 0 Å². The Morgan fingerprint density at radius 2 is 1.08 bits per heavy atom. The standard InChI is InChI=1S/C38H35F4N3O4/c39-37(40)48-31-15-11-27(12-16-31)25-33(29-7-3-1-4-8-29)35(46)43-19-20-44-21-23-45(24-22-44)36(47)34(30-9-5-2-6-10-30)26-28-13-17-32(18-14-28)49-38(41)42/h1-18,25-26,37-38H,19-24H2,(H,43,46)/b33-25+,34-26-. The molecule has 1 heterocycles. The second kappa shape index (κ2) is 17.1. The minimum atomic E-state index is -2.92. The predicted octanol–water partition coefficient (Wildman–Crippen LogP) is 6.93. The monoisotopic (exact) mass is 673 g/mol. The molecule has 1 N–H and O–H groups in total. The van der Waals surface area contributed by atoms with E-state index in [1.165, 1.54) is 24.3 Å². The van der Waals surface area contributed by atoms with Crippen molar-refractivity contribution in [2.75, 3.05) is 39.3 Å². The van der Waals surface area contributed by atoms with Gasteiger partial charge in [-0.25, -0.2) is 0 Å². The first-order valence-corrected chi connectivity index (χ1v) is 15.7. The number of carbonyl (C=O) groups is 2. The maximum absolute atomic E-state index is 13.8. The van der Waals surface area contributed by atoms with Crippen LogP contribution in [0.5, 0.6) is 11.5 Å². The Kier molecular flexibility index (Phi) is 12.2. The van der Waals surface area contributed by atoms with Gasteiger partial charge in [0, 0.05) is 50.4 Å². The number of hydrogen-bond donors (Lipinski definition) is 1. The summed E-state index contributed by atoms with van der Waals surface area (Å²) in [6.45, 7) is -2.71. The van der Waals surface area contributed by atoms with Crippen LogP contribution in [0.1, 0.15) is 22.3 Å². The Labute approximate surface area is 282 Å². The van der Waals surface area contributed by atoms with Gasteiger partial charge in [-0.2, -0.15) is 17.6 Å². The first-order valence-electron chi connectivity index (χ1n) is 15.7. The molecule has 11 heteroatoms. The van der Waals surface area contributed by atoms with E-state index in [1.807, 2.05) is 60.7 Å². The van der Waals surface area contributed by atoms with E-state index in [0.29, 0.717) is 67.1 Å². The smallest absolute Gasteiger partial charge is 0.387 e. The summed E-state index contributed by atoms with van der Waals surface area (Å²) in [5, 5.41) is 2.99. The van der Waals surface area contributed by atoms with Crippen LogP contribution in [-0.4, -0.2) is 74.1 Å². The van der Waals surface area contributed by atoms with Crippen molar-refractivity contribution in [1.82, 2.24) is 15.1 Å². The Morgan fingerprint density at radius 3 is 1.55 bits per heavy atom. The Morgan fingerprint density at radius 1 is 0.633 bits per heavy atom. The molecule has 0 atom stereocenters. The van der Waals surface area contributed by atoms with Crippen LogP contribution in [-0.2, 0) is 9.59 Å². The van der Waals surface area contributed by atoms with Crippen LogP contribution in [0.2, 0.25) is 0 Å². The molecule has 4 aromatic carbocycles. The number of benzene rings is 4. The third-order valence-corrected chi connectivity index (χ3v) is 7.85. The topological polar surface area (TPSA) is 71.1 Å². The van der Waals surface area contributed by atoms with Crippen LogP contribution in [0.25, 0.3) is 23.3 Å². The Bertz CT molecular complexity index is 1720. The molecule has 0 radical (unpaired) electrons. The van der Waals surface area contributed by atoms with Gasteiger partial charge in [0.2, 0.25) is 0 Å². The van der Waals surface area contributed by atoms with Gasteiger partial charge >= 0.3 is 13.2 Å². The molecule has 0 spiro atoms.